The lowest BCUT2D eigenvalue weighted by molar-refractivity contribution is -0.396. The Morgan fingerprint density at radius 2 is 1.61 bits per heavy atom. The quantitative estimate of drug-likeness (QED) is 0.157. The van der Waals surface area contributed by atoms with Crippen LogP contribution in [0.4, 0.5) is 23.4 Å². The van der Waals surface area contributed by atoms with Crippen LogP contribution in [-0.4, -0.2) is 46.0 Å². The van der Waals surface area contributed by atoms with Crippen molar-refractivity contribution in [2.45, 2.75) is 13.2 Å². The molecule has 3 heterocycles. The van der Waals surface area contributed by atoms with Crippen LogP contribution in [0.2, 0.25) is 0 Å². The second-order valence-corrected chi connectivity index (χ2v) is 9.72. The number of hydrogen-bond acceptors (Lipinski definition) is 11. The second-order valence-electron chi connectivity index (χ2n) is 8.80. The van der Waals surface area contributed by atoms with Crippen molar-refractivity contribution in [2.24, 2.45) is 14.1 Å². The van der Waals surface area contributed by atoms with Gasteiger partial charge in [0.05, 0.1) is 33.3 Å². The van der Waals surface area contributed by atoms with Gasteiger partial charge in [-0.3, -0.25) is 0 Å². The average molecular weight is 624 g/mol. The van der Waals surface area contributed by atoms with E-state index >= 15 is 0 Å². The summed E-state index contributed by atoms with van der Waals surface area (Å²) in [6.07, 6.45) is 4.25. The molecule has 5 rings (SSSR count). The number of rotatable bonds is 10. The van der Waals surface area contributed by atoms with E-state index in [0.717, 1.165) is 10.2 Å². The molecule has 0 atom stereocenters. The normalized spacial score (nSPS) is 11.0. The molecule has 16 heteroatoms. The molecule has 0 aliphatic rings. The Morgan fingerprint density at radius 3 is 2.24 bits per heavy atom. The van der Waals surface area contributed by atoms with E-state index in [1.165, 1.54) is 42.0 Å². The van der Waals surface area contributed by atoms with Gasteiger partial charge < -0.3 is 34.6 Å². The van der Waals surface area contributed by atoms with E-state index in [1.54, 1.807) is 19.2 Å². The molecule has 0 spiro atoms. The summed E-state index contributed by atoms with van der Waals surface area (Å²) >= 11 is 3.51. The summed E-state index contributed by atoms with van der Waals surface area (Å²) in [5.41, 5.74) is 2.37. The number of nitrogens with zero attached hydrogens (tertiary/aromatic N) is 9. The van der Waals surface area contributed by atoms with Crippen molar-refractivity contribution in [1.82, 2.24) is 29.1 Å². The van der Waals surface area contributed by atoms with Crippen LogP contribution in [0.25, 0.3) is 10.9 Å². The third-order valence-corrected chi connectivity index (χ3v) is 6.91. The van der Waals surface area contributed by atoms with E-state index in [1.807, 2.05) is 29.2 Å². The molecule has 2 aromatic carbocycles. The van der Waals surface area contributed by atoms with Crippen LogP contribution in [0.1, 0.15) is 11.4 Å². The fraction of sp³-hybridized carbons (Fsp3) is 0.200. The molecule has 0 radical (unpaired) electrons. The highest BCUT2D eigenvalue weighted by Gasteiger charge is 2.24. The molecule has 210 valence electrons. The SMILES string of the molecule is COc1cc2ncnc(N(Cc3cnc([N+](=O)[O-])n3C)c3cccc(Br)c3)c2cc1OCc1cnc([N+](=O)[O-])n1C. The van der Waals surface area contributed by atoms with Gasteiger partial charge in [-0.2, -0.15) is 0 Å². The number of aromatic nitrogens is 6. The Kier molecular flexibility index (Phi) is 7.47. The van der Waals surface area contributed by atoms with E-state index < -0.39 is 9.85 Å². The van der Waals surface area contributed by atoms with Gasteiger partial charge >= 0.3 is 11.9 Å². The van der Waals surface area contributed by atoms with Crippen LogP contribution >= 0.6 is 15.9 Å². The monoisotopic (exact) mass is 623 g/mol. The molecule has 0 saturated carbocycles. The van der Waals surface area contributed by atoms with Crippen LogP contribution in [0.5, 0.6) is 11.5 Å². The van der Waals surface area contributed by atoms with Gasteiger partial charge in [0.2, 0.25) is 0 Å². The minimum absolute atomic E-state index is 0.0176. The molecule has 0 amide bonds. The molecule has 0 fully saturated rings. The van der Waals surface area contributed by atoms with Gasteiger partial charge in [0, 0.05) is 21.6 Å². The molecule has 0 saturated heterocycles. The lowest BCUT2D eigenvalue weighted by atomic mass is 10.1. The van der Waals surface area contributed by atoms with Crippen molar-refractivity contribution in [2.75, 3.05) is 12.0 Å². The maximum atomic E-state index is 11.4. The first kappa shape index (κ1) is 27.4. The molecule has 0 unspecified atom stereocenters. The van der Waals surface area contributed by atoms with Crippen LogP contribution < -0.4 is 14.4 Å². The molecule has 0 N–H and O–H groups in total. The fourth-order valence-corrected chi connectivity index (χ4v) is 4.66. The highest BCUT2D eigenvalue weighted by atomic mass is 79.9. The molecular weight excluding hydrogens is 602 g/mol. The van der Waals surface area contributed by atoms with Crippen molar-refractivity contribution in [3.8, 4) is 11.5 Å². The summed E-state index contributed by atoms with van der Waals surface area (Å²) in [4.78, 5) is 40.2. The Morgan fingerprint density at radius 1 is 0.927 bits per heavy atom. The van der Waals surface area contributed by atoms with E-state index in [4.69, 9.17) is 9.47 Å². The minimum atomic E-state index is -0.572. The van der Waals surface area contributed by atoms with Gasteiger partial charge in [-0.15, -0.1) is 0 Å². The van der Waals surface area contributed by atoms with Gasteiger partial charge in [-0.25, -0.2) is 19.1 Å². The number of imidazole rings is 2. The summed E-state index contributed by atoms with van der Waals surface area (Å²) in [6.45, 7) is 0.178. The molecule has 3 aromatic heterocycles. The van der Waals surface area contributed by atoms with Crippen LogP contribution in [0.3, 0.4) is 0 Å². The lowest BCUT2D eigenvalue weighted by Gasteiger charge is -2.25. The Balaban J connectivity index is 1.59. The summed E-state index contributed by atoms with van der Waals surface area (Å²) in [5.74, 6) is 0.670. The molecule has 5 aromatic rings. The highest BCUT2D eigenvalue weighted by Crippen LogP contribution is 2.38. The Hall–Kier alpha value is -5.12. The van der Waals surface area contributed by atoms with E-state index in [2.05, 4.69) is 35.9 Å². The second kappa shape index (κ2) is 11.2. The zero-order valence-electron chi connectivity index (χ0n) is 22.0. The topological polar surface area (TPSA) is 169 Å². The summed E-state index contributed by atoms with van der Waals surface area (Å²) in [7, 11) is 4.61. The van der Waals surface area contributed by atoms with Crippen molar-refractivity contribution in [3.05, 3.63) is 91.2 Å². The van der Waals surface area contributed by atoms with Gasteiger partial charge in [-0.05, 0) is 34.1 Å². The first-order chi connectivity index (χ1) is 19.7. The van der Waals surface area contributed by atoms with Crippen molar-refractivity contribution < 1.29 is 19.3 Å². The number of methoxy groups -OCH3 is 1. The lowest BCUT2D eigenvalue weighted by Crippen LogP contribution is -2.20. The highest BCUT2D eigenvalue weighted by molar-refractivity contribution is 9.10. The van der Waals surface area contributed by atoms with Crippen LogP contribution in [0, 0.1) is 20.2 Å². The standard InChI is InChI=1S/C25H22BrN9O6/c1-31-17(10-27-24(31)34(36)37)12-33(16-6-4-5-15(26)7-16)23-19-8-22(21(40-3)9-20(19)29-14-30-23)41-13-18-11-28-25(32(18)2)35(38)39/h4-11,14H,12-13H2,1-3H3. The number of hydrogen-bond donors (Lipinski definition) is 0. The Labute approximate surface area is 240 Å². The molecular formula is C25H22BrN9O6. The predicted molar refractivity (Wildman–Crippen MR) is 150 cm³/mol. The minimum Gasteiger partial charge on any atom is -0.493 e. The van der Waals surface area contributed by atoms with Crippen molar-refractivity contribution in [1.29, 1.82) is 0 Å². The molecule has 0 bridgehead atoms. The maximum Gasteiger partial charge on any atom is 0.434 e. The van der Waals surface area contributed by atoms with Gasteiger partial charge in [0.15, 0.2) is 17.2 Å². The summed E-state index contributed by atoms with van der Waals surface area (Å²) in [6, 6.07) is 11.0. The predicted octanol–water partition coefficient (Wildman–Crippen LogP) is 4.60. The number of anilines is 2. The first-order valence-corrected chi connectivity index (χ1v) is 12.8. The van der Waals surface area contributed by atoms with E-state index in [9.17, 15) is 20.2 Å². The van der Waals surface area contributed by atoms with Crippen LogP contribution in [-0.2, 0) is 27.2 Å². The van der Waals surface area contributed by atoms with E-state index in [-0.39, 0.29) is 25.0 Å². The smallest absolute Gasteiger partial charge is 0.434 e. The van der Waals surface area contributed by atoms with Gasteiger partial charge in [-0.1, -0.05) is 32.0 Å². The van der Waals surface area contributed by atoms with E-state index in [0.29, 0.717) is 39.6 Å². The number of fused-ring (bicyclic) bond motifs is 1. The maximum absolute atomic E-state index is 11.4. The third kappa shape index (κ3) is 5.36. The first-order valence-electron chi connectivity index (χ1n) is 12.0. The zero-order valence-corrected chi connectivity index (χ0v) is 23.5. The van der Waals surface area contributed by atoms with Gasteiger partial charge in [0.25, 0.3) is 0 Å². The molecule has 0 aliphatic heterocycles. The third-order valence-electron chi connectivity index (χ3n) is 6.42. The van der Waals surface area contributed by atoms with Gasteiger partial charge in [0.1, 0.15) is 36.8 Å². The largest absolute Gasteiger partial charge is 0.493 e. The average Bonchev–Trinajstić information content (AvgIpc) is 3.51. The summed E-state index contributed by atoms with van der Waals surface area (Å²) < 4.78 is 15.2. The zero-order chi connectivity index (χ0) is 29.3. The van der Waals surface area contributed by atoms with Crippen molar-refractivity contribution >= 4 is 50.2 Å². The van der Waals surface area contributed by atoms with Crippen molar-refractivity contribution in [3.63, 3.8) is 0 Å². The molecule has 15 nitrogen and oxygen atoms in total. The molecule has 41 heavy (non-hydrogen) atoms. The summed E-state index contributed by atoms with van der Waals surface area (Å²) in [5, 5.41) is 23.2. The Bertz CT molecular complexity index is 1790. The number of benzene rings is 2. The number of halogens is 1. The number of ether oxygens (including phenoxy) is 2. The van der Waals surface area contributed by atoms with Crippen LogP contribution in [0.15, 0.2) is 59.6 Å². The number of nitro groups is 2. The molecule has 0 aliphatic carbocycles. The fourth-order valence-electron chi connectivity index (χ4n) is 4.27.